The number of amides is 1. The molecule has 0 radical (unpaired) electrons. The van der Waals surface area contributed by atoms with Crippen LogP contribution in [0.1, 0.15) is 95.8 Å². The number of benzene rings is 1. The van der Waals surface area contributed by atoms with Crippen LogP contribution in [0.3, 0.4) is 0 Å². The van der Waals surface area contributed by atoms with E-state index in [-0.39, 0.29) is 22.2 Å². The molecule has 0 atom stereocenters. The minimum atomic E-state index is -0.230. The third-order valence-corrected chi connectivity index (χ3v) is 7.82. The largest absolute Gasteiger partial charge is 0.355 e. The number of nitrogens with one attached hydrogen (secondary N) is 1. The second-order valence-corrected chi connectivity index (χ2v) is 14.9. The molecule has 0 bridgehead atoms. The van der Waals surface area contributed by atoms with Crippen LogP contribution in [-0.4, -0.2) is 27.5 Å². The Hall–Kier alpha value is -3.67. The molecule has 0 saturated heterocycles. The van der Waals surface area contributed by atoms with Crippen molar-refractivity contribution in [1.29, 1.82) is 0 Å². The zero-order valence-corrected chi connectivity index (χ0v) is 27.7. The first kappa shape index (κ1) is 31.3. The Morgan fingerprint density at radius 3 is 2.19 bits per heavy atom. The molecule has 4 rings (SSSR count). The molecule has 1 N–H and O–H groups in total. The van der Waals surface area contributed by atoms with Crippen molar-refractivity contribution >= 4 is 28.3 Å². The van der Waals surface area contributed by atoms with Crippen molar-refractivity contribution < 1.29 is 4.79 Å². The van der Waals surface area contributed by atoms with Gasteiger partial charge < -0.3 is 14.8 Å². The number of rotatable bonds is 6. The number of hydrogen-bond donors (Lipinski definition) is 1. The van der Waals surface area contributed by atoms with Crippen molar-refractivity contribution in [3.05, 3.63) is 82.4 Å². The van der Waals surface area contributed by atoms with Gasteiger partial charge in [-0.05, 0) is 58.2 Å². The number of pyridine rings is 2. The maximum Gasteiger partial charge on any atom is 0.228 e. The number of aromatic nitrogens is 3. The number of aryl methyl sites for hydroxylation is 2. The van der Waals surface area contributed by atoms with Gasteiger partial charge >= 0.3 is 0 Å². The van der Waals surface area contributed by atoms with Gasteiger partial charge in [0.2, 0.25) is 5.91 Å². The monoisotopic (exact) mass is 567 g/mol. The summed E-state index contributed by atoms with van der Waals surface area (Å²) >= 11 is 0. The van der Waals surface area contributed by atoms with Crippen molar-refractivity contribution in [1.82, 2.24) is 14.5 Å². The Balaban J connectivity index is 1.64. The number of fused-ring (bicyclic) bond motifs is 1. The lowest BCUT2D eigenvalue weighted by Crippen LogP contribution is -2.25. The first-order valence-corrected chi connectivity index (χ1v) is 14.9. The van der Waals surface area contributed by atoms with Crippen LogP contribution in [0.25, 0.3) is 10.9 Å². The summed E-state index contributed by atoms with van der Waals surface area (Å²) in [6.07, 6.45) is 6.23. The van der Waals surface area contributed by atoms with Crippen LogP contribution in [-0.2, 0) is 41.1 Å². The van der Waals surface area contributed by atoms with Gasteiger partial charge in [0.15, 0.2) is 0 Å². The number of carbonyl (C=O) groups is 1. The lowest BCUT2D eigenvalue weighted by atomic mass is 9.82. The molecule has 0 aliphatic rings. The standard InChI is InChI=1S/C36H49N5O/c1-23-21-40(11)29-18-24(16-27(31(23)29)35(5,6)7)19-30(42)39-28-17-25(20-38-32(28)36(8,9)10)22-41(12)33-26(34(2,3)4)14-13-15-37-33/h13-18,20-21H,19,22H2,1-12H3,(H,39,42). The summed E-state index contributed by atoms with van der Waals surface area (Å²) in [6.45, 7) is 22.5. The van der Waals surface area contributed by atoms with Gasteiger partial charge in [0.25, 0.3) is 0 Å². The lowest BCUT2D eigenvalue weighted by molar-refractivity contribution is -0.115. The fourth-order valence-corrected chi connectivity index (χ4v) is 5.80. The quantitative estimate of drug-likeness (QED) is 0.257. The fraction of sp³-hybridized carbons (Fsp3) is 0.472. The second kappa shape index (κ2) is 11.2. The van der Waals surface area contributed by atoms with E-state index in [9.17, 15) is 4.79 Å². The van der Waals surface area contributed by atoms with Crippen LogP contribution in [0.2, 0.25) is 0 Å². The van der Waals surface area contributed by atoms with Crippen LogP contribution < -0.4 is 10.2 Å². The molecule has 1 aromatic carbocycles. The van der Waals surface area contributed by atoms with E-state index >= 15 is 0 Å². The lowest BCUT2D eigenvalue weighted by Gasteiger charge is -2.28. The molecule has 0 aliphatic carbocycles. The highest BCUT2D eigenvalue weighted by Gasteiger charge is 2.25. The Kier molecular flexibility index (Phi) is 8.34. The first-order valence-electron chi connectivity index (χ1n) is 14.9. The Morgan fingerprint density at radius 1 is 0.905 bits per heavy atom. The van der Waals surface area contributed by atoms with E-state index in [1.54, 1.807) is 0 Å². The molecular weight excluding hydrogens is 518 g/mol. The summed E-state index contributed by atoms with van der Waals surface area (Å²) in [6, 6.07) is 10.6. The van der Waals surface area contributed by atoms with E-state index in [0.29, 0.717) is 13.0 Å². The zero-order valence-electron chi connectivity index (χ0n) is 27.7. The molecule has 3 aromatic heterocycles. The smallest absolute Gasteiger partial charge is 0.228 e. The average molecular weight is 568 g/mol. The highest BCUT2D eigenvalue weighted by Crippen LogP contribution is 2.35. The topological polar surface area (TPSA) is 63.1 Å². The number of hydrogen-bond acceptors (Lipinski definition) is 4. The molecule has 3 heterocycles. The fourth-order valence-electron chi connectivity index (χ4n) is 5.80. The average Bonchev–Trinajstić information content (AvgIpc) is 3.14. The maximum atomic E-state index is 13.6. The molecule has 0 spiro atoms. The molecule has 224 valence electrons. The third kappa shape index (κ3) is 6.69. The van der Waals surface area contributed by atoms with Crippen molar-refractivity contribution in [3.8, 4) is 0 Å². The summed E-state index contributed by atoms with van der Waals surface area (Å²) in [5.41, 5.74) is 8.26. The summed E-state index contributed by atoms with van der Waals surface area (Å²) in [5.74, 6) is 0.911. The van der Waals surface area contributed by atoms with Gasteiger partial charge in [0, 0.05) is 61.1 Å². The minimum Gasteiger partial charge on any atom is -0.355 e. The van der Waals surface area contributed by atoms with E-state index in [4.69, 9.17) is 9.97 Å². The Morgan fingerprint density at radius 2 is 1.57 bits per heavy atom. The third-order valence-electron chi connectivity index (χ3n) is 7.82. The van der Waals surface area contributed by atoms with E-state index in [1.165, 1.54) is 22.1 Å². The van der Waals surface area contributed by atoms with Gasteiger partial charge in [-0.3, -0.25) is 9.78 Å². The molecular formula is C36H49N5O. The van der Waals surface area contributed by atoms with E-state index in [1.807, 2.05) is 18.5 Å². The molecule has 1 amide bonds. The molecule has 0 unspecified atom stereocenters. The van der Waals surface area contributed by atoms with Gasteiger partial charge in [-0.2, -0.15) is 0 Å². The van der Waals surface area contributed by atoms with Crippen molar-refractivity contribution in [2.45, 2.75) is 98.4 Å². The summed E-state index contributed by atoms with van der Waals surface area (Å²) in [7, 11) is 4.13. The molecule has 6 nitrogen and oxygen atoms in total. The van der Waals surface area contributed by atoms with Crippen LogP contribution in [0.4, 0.5) is 11.5 Å². The molecule has 0 saturated carbocycles. The summed E-state index contributed by atoms with van der Waals surface area (Å²) < 4.78 is 2.16. The van der Waals surface area contributed by atoms with Crippen LogP contribution >= 0.6 is 0 Å². The van der Waals surface area contributed by atoms with Gasteiger partial charge in [-0.15, -0.1) is 0 Å². The predicted molar refractivity (Wildman–Crippen MR) is 177 cm³/mol. The van der Waals surface area contributed by atoms with Crippen molar-refractivity contribution in [2.24, 2.45) is 7.05 Å². The minimum absolute atomic E-state index is 0.0285. The van der Waals surface area contributed by atoms with Gasteiger partial charge in [-0.1, -0.05) is 74.4 Å². The normalized spacial score (nSPS) is 12.6. The van der Waals surface area contributed by atoms with E-state index in [0.717, 1.165) is 33.8 Å². The molecule has 42 heavy (non-hydrogen) atoms. The Labute approximate surface area is 252 Å². The van der Waals surface area contributed by atoms with E-state index in [2.05, 4.69) is 129 Å². The summed E-state index contributed by atoms with van der Waals surface area (Å²) in [5, 5.41) is 4.52. The highest BCUT2D eigenvalue weighted by molar-refractivity contribution is 5.95. The molecule has 4 aromatic rings. The SMILES string of the molecule is Cc1cn(C)c2cc(CC(=O)Nc3cc(CN(C)c4ncccc4C(C)(C)C)cnc3C(C)(C)C)cc(C(C)(C)C)c12. The Bertz CT molecular complexity index is 1610. The zero-order chi connectivity index (χ0) is 31.2. The molecule has 0 aliphatic heterocycles. The van der Waals surface area contributed by atoms with Crippen molar-refractivity contribution in [2.75, 3.05) is 17.3 Å². The highest BCUT2D eigenvalue weighted by atomic mass is 16.1. The van der Waals surface area contributed by atoms with Gasteiger partial charge in [-0.25, -0.2) is 4.98 Å². The van der Waals surface area contributed by atoms with Crippen LogP contribution in [0, 0.1) is 6.92 Å². The first-order chi connectivity index (χ1) is 19.4. The predicted octanol–water partition coefficient (Wildman–Crippen LogP) is 7.99. The van der Waals surface area contributed by atoms with Crippen LogP contribution in [0.15, 0.2) is 48.9 Å². The van der Waals surface area contributed by atoms with Crippen molar-refractivity contribution in [3.63, 3.8) is 0 Å². The maximum absolute atomic E-state index is 13.6. The second-order valence-electron chi connectivity index (χ2n) is 14.9. The number of carbonyl (C=O) groups excluding carboxylic acids is 1. The van der Waals surface area contributed by atoms with Crippen LogP contribution in [0.5, 0.6) is 0 Å². The summed E-state index contributed by atoms with van der Waals surface area (Å²) in [4.78, 5) is 25.3. The van der Waals surface area contributed by atoms with Gasteiger partial charge in [0.05, 0.1) is 17.8 Å². The van der Waals surface area contributed by atoms with Gasteiger partial charge in [0.1, 0.15) is 5.82 Å². The molecule has 6 heteroatoms. The van der Waals surface area contributed by atoms with E-state index < -0.39 is 0 Å². The number of nitrogens with zero attached hydrogens (tertiary/aromatic N) is 4. The number of anilines is 2. The molecule has 0 fully saturated rings.